The van der Waals surface area contributed by atoms with Crippen LogP contribution in [0.1, 0.15) is 6.92 Å². The molecule has 0 aliphatic carbocycles. The summed E-state index contributed by atoms with van der Waals surface area (Å²) in [5, 5.41) is 7.89. The average molecular weight is 297 g/mol. The first-order valence-electron chi connectivity index (χ1n) is 5.58. The van der Waals surface area contributed by atoms with Crippen LogP contribution in [0.25, 0.3) is 11.5 Å². The van der Waals surface area contributed by atoms with Gasteiger partial charge in [-0.25, -0.2) is 9.78 Å². The molecular weight excluding hydrogens is 286 g/mol. The van der Waals surface area contributed by atoms with Gasteiger partial charge in [-0.2, -0.15) is 0 Å². The number of esters is 1. The molecule has 1 amide bonds. The third kappa shape index (κ3) is 3.12. The number of hydrogen-bond donors (Lipinski definition) is 1. The first-order valence-corrected chi connectivity index (χ1v) is 6.46. The molecule has 2 aromatic heterocycles. The van der Waals surface area contributed by atoms with Crippen LogP contribution in [0.2, 0.25) is 0 Å². The highest BCUT2D eigenvalue weighted by atomic mass is 32.1. The Labute approximate surface area is 117 Å². The van der Waals surface area contributed by atoms with Crippen LogP contribution in [0.4, 0.5) is 5.13 Å². The predicted octanol–water partition coefficient (Wildman–Crippen LogP) is 1.31. The highest BCUT2D eigenvalue weighted by Crippen LogP contribution is 2.27. The van der Waals surface area contributed by atoms with Crippen molar-refractivity contribution in [3.63, 3.8) is 0 Å². The second-order valence-electron chi connectivity index (χ2n) is 3.45. The summed E-state index contributed by atoms with van der Waals surface area (Å²) in [5.41, 5.74) is 0.477. The van der Waals surface area contributed by atoms with Crippen molar-refractivity contribution < 1.29 is 23.6 Å². The number of anilines is 1. The molecule has 0 spiro atoms. The normalized spacial score (nSPS) is 10.1. The van der Waals surface area contributed by atoms with Crippen molar-refractivity contribution in [3.8, 4) is 17.3 Å². The number of aromatic nitrogens is 2. The van der Waals surface area contributed by atoms with Crippen LogP contribution in [0.3, 0.4) is 0 Å². The highest BCUT2D eigenvalue weighted by Gasteiger charge is 2.17. The number of carbonyl (C=O) groups excluding carboxylic acids is 2. The molecule has 0 aliphatic heterocycles. The van der Waals surface area contributed by atoms with E-state index in [1.165, 1.54) is 7.11 Å². The number of hydrogen-bond acceptors (Lipinski definition) is 8. The second-order valence-corrected chi connectivity index (χ2v) is 4.30. The van der Waals surface area contributed by atoms with Gasteiger partial charge in [-0.15, -0.1) is 11.3 Å². The predicted molar refractivity (Wildman–Crippen MR) is 69.4 cm³/mol. The minimum atomic E-state index is -0.953. The third-order valence-corrected chi connectivity index (χ3v) is 2.89. The standard InChI is InChI=1S/C11H11N3O5S/c1-3-18-10(16)9(15)13-11-12-6(5-20-11)7-4-8(17-2)14-19-7/h4-5H,3H2,1-2H3,(H,12,13,15). The number of amides is 1. The molecule has 0 aromatic carbocycles. The lowest BCUT2D eigenvalue weighted by Gasteiger charge is -2.00. The summed E-state index contributed by atoms with van der Waals surface area (Å²) in [4.78, 5) is 26.7. The van der Waals surface area contributed by atoms with Gasteiger partial charge < -0.3 is 14.0 Å². The summed E-state index contributed by atoms with van der Waals surface area (Å²) in [6, 6.07) is 1.56. The van der Waals surface area contributed by atoms with Crippen molar-refractivity contribution in [2.45, 2.75) is 6.92 Å². The monoisotopic (exact) mass is 297 g/mol. The number of nitrogens with one attached hydrogen (secondary N) is 1. The second kappa shape index (κ2) is 6.15. The first kappa shape index (κ1) is 14.0. The average Bonchev–Trinajstić information content (AvgIpc) is 3.07. The molecule has 0 radical (unpaired) electrons. The topological polar surface area (TPSA) is 104 Å². The molecule has 0 saturated heterocycles. The molecule has 0 fully saturated rings. The van der Waals surface area contributed by atoms with Crippen molar-refractivity contribution in [3.05, 3.63) is 11.4 Å². The zero-order valence-electron chi connectivity index (χ0n) is 10.7. The molecule has 0 saturated carbocycles. The molecule has 0 unspecified atom stereocenters. The Morgan fingerprint density at radius 3 is 2.95 bits per heavy atom. The summed E-state index contributed by atoms with van der Waals surface area (Å²) in [6.45, 7) is 1.75. The van der Waals surface area contributed by atoms with Gasteiger partial charge in [0.25, 0.3) is 5.88 Å². The van der Waals surface area contributed by atoms with Crippen molar-refractivity contribution in [1.82, 2.24) is 10.1 Å². The number of thiazole rings is 1. The molecule has 20 heavy (non-hydrogen) atoms. The van der Waals surface area contributed by atoms with Crippen molar-refractivity contribution in [2.75, 3.05) is 19.0 Å². The van der Waals surface area contributed by atoms with Crippen molar-refractivity contribution in [2.24, 2.45) is 0 Å². The van der Waals surface area contributed by atoms with Gasteiger partial charge in [0.1, 0.15) is 5.69 Å². The Bertz CT molecular complexity index is 621. The van der Waals surface area contributed by atoms with E-state index in [4.69, 9.17) is 9.26 Å². The van der Waals surface area contributed by atoms with Gasteiger partial charge in [0.15, 0.2) is 10.9 Å². The first-order chi connectivity index (χ1) is 9.63. The van der Waals surface area contributed by atoms with Crippen LogP contribution in [0.15, 0.2) is 16.0 Å². The fourth-order valence-electron chi connectivity index (χ4n) is 1.27. The van der Waals surface area contributed by atoms with Gasteiger partial charge in [-0.05, 0) is 12.1 Å². The SMILES string of the molecule is CCOC(=O)C(=O)Nc1nc(-c2cc(OC)no2)cs1. The minimum Gasteiger partial charge on any atom is -0.479 e. The van der Waals surface area contributed by atoms with Gasteiger partial charge in [0.05, 0.1) is 19.8 Å². The Hall–Kier alpha value is -2.42. The van der Waals surface area contributed by atoms with Gasteiger partial charge in [-0.1, -0.05) is 0 Å². The Morgan fingerprint density at radius 1 is 1.50 bits per heavy atom. The Balaban J connectivity index is 2.05. The summed E-state index contributed by atoms with van der Waals surface area (Å²) in [7, 11) is 1.47. The molecule has 0 bridgehead atoms. The molecule has 2 heterocycles. The van der Waals surface area contributed by atoms with E-state index in [9.17, 15) is 9.59 Å². The van der Waals surface area contributed by atoms with E-state index >= 15 is 0 Å². The number of nitrogens with zero attached hydrogens (tertiary/aromatic N) is 2. The van der Waals surface area contributed by atoms with E-state index in [1.807, 2.05) is 0 Å². The molecule has 2 aromatic rings. The number of rotatable bonds is 4. The molecule has 0 atom stereocenters. The van der Waals surface area contributed by atoms with Crippen molar-refractivity contribution >= 4 is 28.3 Å². The largest absolute Gasteiger partial charge is 0.479 e. The lowest BCUT2D eigenvalue weighted by atomic mass is 10.4. The van der Waals surface area contributed by atoms with E-state index in [-0.39, 0.29) is 11.7 Å². The van der Waals surface area contributed by atoms with E-state index < -0.39 is 11.9 Å². The summed E-state index contributed by atoms with van der Waals surface area (Å²) in [5.74, 6) is -1.10. The van der Waals surface area contributed by atoms with Crippen LogP contribution in [-0.2, 0) is 14.3 Å². The molecule has 9 heteroatoms. The van der Waals surface area contributed by atoms with E-state index in [0.29, 0.717) is 17.3 Å². The lowest BCUT2D eigenvalue weighted by Crippen LogP contribution is -2.24. The highest BCUT2D eigenvalue weighted by molar-refractivity contribution is 7.14. The van der Waals surface area contributed by atoms with E-state index in [2.05, 4.69) is 20.2 Å². The summed E-state index contributed by atoms with van der Waals surface area (Å²) in [6.07, 6.45) is 0. The van der Waals surface area contributed by atoms with Crippen LogP contribution >= 0.6 is 11.3 Å². The van der Waals surface area contributed by atoms with Crippen LogP contribution < -0.4 is 10.1 Å². The molecule has 0 aliphatic rings. The summed E-state index contributed by atoms with van der Waals surface area (Å²) >= 11 is 1.15. The maximum Gasteiger partial charge on any atom is 0.397 e. The Morgan fingerprint density at radius 2 is 2.30 bits per heavy atom. The van der Waals surface area contributed by atoms with Crippen LogP contribution in [-0.4, -0.2) is 35.7 Å². The molecule has 2 rings (SSSR count). The molecule has 8 nitrogen and oxygen atoms in total. The maximum absolute atomic E-state index is 11.4. The number of ether oxygens (including phenoxy) is 2. The number of carbonyl (C=O) groups is 2. The van der Waals surface area contributed by atoms with Crippen LogP contribution in [0, 0.1) is 0 Å². The third-order valence-electron chi connectivity index (χ3n) is 2.14. The quantitative estimate of drug-likeness (QED) is 0.670. The van der Waals surface area contributed by atoms with E-state index in [0.717, 1.165) is 11.3 Å². The molecular formula is C11H11N3O5S. The van der Waals surface area contributed by atoms with Gasteiger partial charge in [-0.3, -0.25) is 10.1 Å². The molecule has 106 valence electrons. The van der Waals surface area contributed by atoms with Crippen molar-refractivity contribution in [1.29, 1.82) is 0 Å². The Kier molecular flexibility index (Phi) is 4.31. The fourth-order valence-corrected chi connectivity index (χ4v) is 1.96. The summed E-state index contributed by atoms with van der Waals surface area (Å²) < 4.78 is 14.5. The molecule has 1 N–H and O–H groups in total. The maximum atomic E-state index is 11.4. The zero-order chi connectivity index (χ0) is 14.5. The lowest BCUT2D eigenvalue weighted by molar-refractivity contribution is -0.152. The fraction of sp³-hybridized carbons (Fsp3) is 0.273. The minimum absolute atomic E-state index is 0.132. The van der Waals surface area contributed by atoms with E-state index in [1.54, 1.807) is 18.4 Å². The van der Waals surface area contributed by atoms with Gasteiger partial charge in [0.2, 0.25) is 0 Å². The zero-order valence-corrected chi connectivity index (χ0v) is 11.5. The van der Waals surface area contributed by atoms with Gasteiger partial charge >= 0.3 is 11.9 Å². The van der Waals surface area contributed by atoms with Gasteiger partial charge in [0, 0.05) is 5.38 Å². The number of methoxy groups -OCH3 is 1. The van der Waals surface area contributed by atoms with Crippen LogP contribution in [0.5, 0.6) is 5.88 Å². The smallest absolute Gasteiger partial charge is 0.397 e.